The van der Waals surface area contributed by atoms with E-state index in [0.29, 0.717) is 18.2 Å². The molecule has 0 aliphatic heterocycles. The highest BCUT2D eigenvalue weighted by atomic mass is 32.2. The maximum absolute atomic E-state index is 12.1. The van der Waals surface area contributed by atoms with Crippen LogP contribution in [0.5, 0.6) is 0 Å². The molecule has 2 rings (SSSR count). The van der Waals surface area contributed by atoms with Gasteiger partial charge in [0, 0.05) is 18.8 Å². The maximum atomic E-state index is 12.1. The Morgan fingerprint density at radius 3 is 2.63 bits per heavy atom. The minimum Gasteiger partial charge on any atom is -0.351 e. The number of primary sulfonamides is 1. The van der Waals surface area contributed by atoms with E-state index >= 15 is 0 Å². The van der Waals surface area contributed by atoms with Crippen LogP contribution in [0.4, 0.5) is 0 Å². The second kappa shape index (κ2) is 4.97. The van der Waals surface area contributed by atoms with Gasteiger partial charge in [0.1, 0.15) is 10.6 Å². The smallest absolute Gasteiger partial charge is 0.267 e. The molecule has 1 heterocycles. The molecule has 0 aromatic carbocycles. The van der Waals surface area contributed by atoms with Crippen LogP contribution in [0, 0.1) is 5.92 Å². The second-order valence-corrected chi connectivity index (χ2v) is 6.91. The van der Waals surface area contributed by atoms with Crippen molar-refractivity contribution in [2.24, 2.45) is 11.1 Å². The average Bonchev–Trinajstić information content (AvgIpc) is 3.03. The van der Waals surface area contributed by atoms with E-state index in [9.17, 15) is 13.2 Å². The first kappa shape index (κ1) is 14.1. The van der Waals surface area contributed by atoms with E-state index in [0.717, 1.165) is 12.8 Å². The fourth-order valence-electron chi connectivity index (χ4n) is 1.83. The highest BCUT2D eigenvalue weighted by Crippen LogP contribution is 2.37. The van der Waals surface area contributed by atoms with Gasteiger partial charge in [-0.3, -0.25) is 4.79 Å². The van der Waals surface area contributed by atoms with Crippen molar-refractivity contribution in [3.8, 4) is 0 Å². The summed E-state index contributed by atoms with van der Waals surface area (Å²) >= 11 is 0. The molecule has 3 N–H and O–H groups in total. The number of hydrogen-bond donors (Lipinski definition) is 2. The summed E-state index contributed by atoms with van der Waals surface area (Å²) in [4.78, 5) is 12.1. The predicted octanol–water partition coefficient (Wildman–Crippen LogP) is 0.856. The molecule has 19 heavy (non-hydrogen) atoms. The van der Waals surface area contributed by atoms with Crippen LogP contribution in [0.2, 0.25) is 0 Å². The van der Waals surface area contributed by atoms with Crippen molar-refractivity contribution in [3.05, 3.63) is 18.0 Å². The van der Waals surface area contributed by atoms with Crippen molar-refractivity contribution < 1.29 is 13.2 Å². The van der Waals surface area contributed by atoms with E-state index in [2.05, 4.69) is 5.32 Å². The molecule has 1 amide bonds. The van der Waals surface area contributed by atoms with Gasteiger partial charge in [0.05, 0.1) is 0 Å². The maximum Gasteiger partial charge on any atom is 0.267 e. The van der Waals surface area contributed by atoms with E-state index in [1.165, 1.54) is 12.3 Å². The molecule has 6 nitrogen and oxygen atoms in total. The zero-order valence-electron chi connectivity index (χ0n) is 11.1. The minimum atomic E-state index is -3.78. The SMILES string of the molecule is CC(C)CNC(=O)c1cc(S(N)(=O)=O)cn1C1CC1. The molecule has 106 valence electrons. The number of hydrogen-bond acceptors (Lipinski definition) is 3. The van der Waals surface area contributed by atoms with Gasteiger partial charge in [0.15, 0.2) is 0 Å². The topological polar surface area (TPSA) is 94.2 Å². The lowest BCUT2D eigenvalue weighted by Crippen LogP contribution is -2.29. The number of amides is 1. The molecule has 0 saturated heterocycles. The zero-order valence-corrected chi connectivity index (χ0v) is 11.9. The standard InChI is InChI=1S/C12H19N3O3S/c1-8(2)6-14-12(16)11-5-10(19(13,17)18)7-15(11)9-3-4-9/h5,7-9H,3-4,6H2,1-2H3,(H,14,16)(H2,13,17,18). The van der Waals surface area contributed by atoms with Crippen LogP contribution in [-0.2, 0) is 10.0 Å². The summed E-state index contributed by atoms with van der Waals surface area (Å²) in [6, 6.07) is 1.57. The number of rotatable bonds is 5. The molecule has 1 aromatic heterocycles. The lowest BCUT2D eigenvalue weighted by molar-refractivity contribution is 0.0939. The summed E-state index contributed by atoms with van der Waals surface area (Å²) in [5.41, 5.74) is 0.368. The van der Waals surface area contributed by atoms with Crippen molar-refractivity contribution in [1.29, 1.82) is 0 Å². The Hall–Kier alpha value is -1.34. The molecule has 0 radical (unpaired) electrons. The summed E-state index contributed by atoms with van der Waals surface area (Å²) < 4.78 is 24.4. The first-order valence-corrected chi connectivity index (χ1v) is 7.86. The molecule has 7 heteroatoms. The third kappa shape index (κ3) is 3.36. The highest BCUT2D eigenvalue weighted by molar-refractivity contribution is 7.89. The van der Waals surface area contributed by atoms with Crippen LogP contribution in [0.1, 0.15) is 43.2 Å². The van der Waals surface area contributed by atoms with Crippen LogP contribution in [0.25, 0.3) is 0 Å². The summed E-state index contributed by atoms with van der Waals surface area (Å²) in [5, 5.41) is 7.90. The van der Waals surface area contributed by atoms with Gasteiger partial charge in [-0.15, -0.1) is 0 Å². The third-order valence-electron chi connectivity index (χ3n) is 3.00. The van der Waals surface area contributed by atoms with Gasteiger partial charge in [-0.25, -0.2) is 13.6 Å². The molecule has 1 aromatic rings. The number of aromatic nitrogens is 1. The van der Waals surface area contributed by atoms with E-state index < -0.39 is 10.0 Å². The van der Waals surface area contributed by atoms with Crippen molar-refractivity contribution in [1.82, 2.24) is 9.88 Å². The quantitative estimate of drug-likeness (QED) is 0.840. The van der Waals surface area contributed by atoms with Crippen LogP contribution in [0.15, 0.2) is 17.2 Å². The van der Waals surface area contributed by atoms with E-state index in [-0.39, 0.29) is 16.8 Å². The Bertz CT molecular complexity index is 585. The Kier molecular flexibility index (Phi) is 3.69. The first-order valence-electron chi connectivity index (χ1n) is 6.32. The molecule has 1 aliphatic carbocycles. The van der Waals surface area contributed by atoms with E-state index in [1.54, 1.807) is 4.57 Å². The van der Waals surface area contributed by atoms with Crippen LogP contribution < -0.4 is 10.5 Å². The molecule has 1 fully saturated rings. The second-order valence-electron chi connectivity index (χ2n) is 5.35. The number of sulfonamides is 1. The number of carbonyl (C=O) groups is 1. The van der Waals surface area contributed by atoms with E-state index in [4.69, 9.17) is 5.14 Å². The van der Waals surface area contributed by atoms with Crippen LogP contribution in [-0.4, -0.2) is 25.4 Å². The summed E-state index contributed by atoms with van der Waals surface area (Å²) in [6.07, 6.45) is 3.38. The third-order valence-corrected chi connectivity index (χ3v) is 3.88. The molecule has 1 saturated carbocycles. The Morgan fingerprint density at radius 1 is 1.53 bits per heavy atom. The normalized spacial score (nSPS) is 15.8. The van der Waals surface area contributed by atoms with Crippen LogP contribution >= 0.6 is 0 Å². The van der Waals surface area contributed by atoms with Gasteiger partial charge >= 0.3 is 0 Å². The first-order chi connectivity index (χ1) is 8.79. The van der Waals surface area contributed by atoms with Crippen molar-refractivity contribution >= 4 is 15.9 Å². The Morgan fingerprint density at radius 2 is 2.16 bits per heavy atom. The Balaban J connectivity index is 2.28. The summed E-state index contributed by atoms with van der Waals surface area (Å²) in [7, 11) is -3.78. The van der Waals surface area contributed by atoms with Gasteiger partial charge in [-0.1, -0.05) is 13.8 Å². The molecular formula is C12H19N3O3S. The number of nitrogens with one attached hydrogen (secondary N) is 1. The van der Waals surface area contributed by atoms with Crippen molar-refractivity contribution in [2.75, 3.05) is 6.54 Å². The highest BCUT2D eigenvalue weighted by Gasteiger charge is 2.29. The molecule has 0 spiro atoms. The Labute approximate surface area is 113 Å². The monoisotopic (exact) mass is 285 g/mol. The summed E-state index contributed by atoms with van der Waals surface area (Å²) in [5.74, 6) is 0.0847. The fraction of sp³-hybridized carbons (Fsp3) is 0.583. The predicted molar refractivity (Wildman–Crippen MR) is 71.2 cm³/mol. The number of nitrogens with two attached hydrogens (primary N) is 1. The van der Waals surface area contributed by atoms with Gasteiger partial charge < -0.3 is 9.88 Å². The van der Waals surface area contributed by atoms with Gasteiger partial charge in [0.25, 0.3) is 5.91 Å². The van der Waals surface area contributed by atoms with Gasteiger partial charge in [-0.2, -0.15) is 0 Å². The minimum absolute atomic E-state index is 0.00547. The lowest BCUT2D eigenvalue weighted by atomic mass is 10.2. The lowest BCUT2D eigenvalue weighted by Gasteiger charge is -2.09. The van der Waals surface area contributed by atoms with Gasteiger partial charge in [0.2, 0.25) is 10.0 Å². The average molecular weight is 285 g/mol. The van der Waals surface area contributed by atoms with Gasteiger partial charge in [-0.05, 0) is 24.8 Å². The summed E-state index contributed by atoms with van der Waals surface area (Å²) in [6.45, 7) is 4.55. The number of nitrogens with zero attached hydrogens (tertiary/aromatic N) is 1. The largest absolute Gasteiger partial charge is 0.351 e. The van der Waals surface area contributed by atoms with Crippen molar-refractivity contribution in [3.63, 3.8) is 0 Å². The molecule has 0 unspecified atom stereocenters. The molecule has 0 bridgehead atoms. The molecule has 0 atom stereocenters. The fourth-order valence-corrected chi connectivity index (χ4v) is 2.37. The molecular weight excluding hydrogens is 266 g/mol. The van der Waals surface area contributed by atoms with Crippen LogP contribution in [0.3, 0.4) is 0 Å². The molecule has 1 aliphatic rings. The number of carbonyl (C=O) groups excluding carboxylic acids is 1. The van der Waals surface area contributed by atoms with Crippen molar-refractivity contribution in [2.45, 2.75) is 37.6 Å². The van der Waals surface area contributed by atoms with E-state index in [1.807, 2.05) is 13.8 Å². The zero-order chi connectivity index (χ0) is 14.2.